The van der Waals surface area contributed by atoms with E-state index in [-0.39, 0.29) is 47.9 Å². The van der Waals surface area contributed by atoms with Gasteiger partial charge in [0, 0.05) is 18.7 Å². The molecule has 1 saturated heterocycles. The van der Waals surface area contributed by atoms with Gasteiger partial charge in [0.15, 0.2) is 0 Å². The van der Waals surface area contributed by atoms with Gasteiger partial charge in [0.2, 0.25) is 17.7 Å². The molecule has 0 spiro atoms. The molecule has 140 valence electrons. The van der Waals surface area contributed by atoms with Gasteiger partial charge in [-0.3, -0.25) is 19.3 Å². The molecule has 26 heavy (non-hydrogen) atoms. The Labute approximate surface area is 155 Å². The van der Waals surface area contributed by atoms with Crippen molar-refractivity contribution in [1.82, 2.24) is 4.90 Å². The fourth-order valence-electron chi connectivity index (χ4n) is 3.94. The minimum absolute atomic E-state index is 0.0653. The zero-order valence-corrected chi connectivity index (χ0v) is 15.9. The molecule has 1 aromatic carbocycles. The maximum Gasteiger partial charge on any atom is 0.233 e. The average Bonchev–Trinajstić information content (AvgIpc) is 2.84. The molecular formula is C21H28N2O3. The Hall–Kier alpha value is -2.17. The first-order valence-electron chi connectivity index (χ1n) is 9.53. The number of imide groups is 1. The van der Waals surface area contributed by atoms with Crippen molar-refractivity contribution in [3.05, 3.63) is 29.8 Å². The summed E-state index contributed by atoms with van der Waals surface area (Å²) in [6.45, 7) is 6.60. The predicted molar refractivity (Wildman–Crippen MR) is 101 cm³/mol. The SMILES string of the molecule is CC(C)(C)c1ccc(NC(=O)CCN2C(=O)[C@@H]3CCCC[C@H]3C2=O)cc1. The van der Waals surface area contributed by atoms with Crippen LogP contribution in [0.3, 0.4) is 0 Å². The van der Waals surface area contributed by atoms with E-state index in [1.807, 2.05) is 24.3 Å². The molecule has 1 aromatic rings. The summed E-state index contributed by atoms with van der Waals surface area (Å²) in [5.74, 6) is -0.637. The standard InChI is InChI=1S/C21H28N2O3/c1-21(2,3)14-8-10-15(11-9-14)22-18(24)12-13-23-19(25)16-6-4-5-7-17(16)20(23)26/h8-11,16-17H,4-7,12-13H2,1-3H3,(H,22,24)/t16-,17-/m1/s1. The Bertz CT molecular complexity index is 679. The first-order valence-corrected chi connectivity index (χ1v) is 9.53. The van der Waals surface area contributed by atoms with Crippen LogP contribution < -0.4 is 5.32 Å². The lowest BCUT2D eigenvalue weighted by atomic mass is 9.81. The molecule has 3 amide bonds. The summed E-state index contributed by atoms with van der Waals surface area (Å²) < 4.78 is 0. The molecule has 1 N–H and O–H groups in total. The van der Waals surface area contributed by atoms with E-state index in [1.165, 1.54) is 10.5 Å². The van der Waals surface area contributed by atoms with E-state index in [9.17, 15) is 14.4 Å². The molecule has 1 heterocycles. The maximum absolute atomic E-state index is 12.4. The molecule has 3 rings (SSSR count). The van der Waals surface area contributed by atoms with E-state index >= 15 is 0 Å². The third kappa shape index (κ3) is 3.81. The number of fused-ring (bicyclic) bond motifs is 1. The highest BCUT2D eigenvalue weighted by molar-refractivity contribution is 6.05. The number of nitrogens with one attached hydrogen (secondary N) is 1. The molecular weight excluding hydrogens is 328 g/mol. The summed E-state index contributed by atoms with van der Waals surface area (Å²) in [4.78, 5) is 38.4. The summed E-state index contributed by atoms with van der Waals surface area (Å²) in [5.41, 5.74) is 2.00. The quantitative estimate of drug-likeness (QED) is 0.840. The highest BCUT2D eigenvalue weighted by atomic mass is 16.2. The van der Waals surface area contributed by atoms with Crippen LogP contribution in [0.2, 0.25) is 0 Å². The third-order valence-corrected chi connectivity index (χ3v) is 5.53. The molecule has 5 nitrogen and oxygen atoms in total. The molecule has 0 bridgehead atoms. The Morgan fingerprint density at radius 1 is 1.04 bits per heavy atom. The lowest BCUT2D eigenvalue weighted by Gasteiger charge is -2.19. The molecule has 2 atom stereocenters. The molecule has 0 aromatic heterocycles. The van der Waals surface area contributed by atoms with Crippen LogP contribution >= 0.6 is 0 Å². The van der Waals surface area contributed by atoms with Gasteiger partial charge in [-0.2, -0.15) is 0 Å². The van der Waals surface area contributed by atoms with Crippen LogP contribution in [0.25, 0.3) is 0 Å². The number of hydrogen-bond donors (Lipinski definition) is 1. The highest BCUT2D eigenvalue weighted by Gasteiger charge is 2.47. The van der Waals surface area contributed by atoms with E-state index in [2.05, 4.69) is 26.1 Å². The number of likely N-dealkylation sites (tertiary alicyclic amines) is 1. The van der Waals surface area contributed by atoms with Crippen LogP contribution in [0, 0.1) is 11.8 Å². The molecule has 5 heteroatoms. The van der Waals surface area contributed by atoms with Crippen molar-refractivity contribution >= 4 is 23.4 Å². The minimum atomic E-state index is -0.177. The first-order chi connectivity index (χ1) is 12.3. The van der Waals surface area contributed by atoms with Gasteiger partial charge in [0.05, 0.1) is 11.8 Å². The van der Waals surface area contributed by atoms with Gasteiger partial charge in [-0.15, -0.1) is 0 Å². The Balaban J connectivity index is 1.54. The van der Waals surface area contributed by atoms with Gasteiger partial charge in [0.25, 0.3) is 0 Å². The van der Waals surface area contributed by atoms with Crippen molar-refractivity contribution in [1.29, 1.82) is 0 Å². The van der Waals surface area contributed by atoms with Crippen molar-refractivity contribution in [3.8, 4) is 0 Å². The molecule has 1 saturated carbocycles. The van der Waals surface area contributed by atoms with Gasteiger partial charge in [-0.25, -0.2) is 0 Å². The van der Waals surface area contributed by atoms with Crippen LogP contribution in [0.15, 0.2) is 24.3 Å². The van der Waals surface area contributed by atoms with Crippen LogP contribution in [-0.4, -0.2) is 29.2 Å². The van der Waals surface area contributed by atoms with Crippen LogP contribution in [-0.2, 0) is 19.8 Å². The van der Waals surface area contributed by atoms with Crippen molar-refractivity contribution in [2.45, 2.75) is 58.3 Å². The second-order valence-electron chi connectivity index (χ2n) is 8.45. The Kier molecular flexibility index (Phi) is 5.17. The van der Waals surface area contributed by atoms with Crippen LogP contribution in [0.4, 0.5) is 5.69 Å². The monoisotopic (exact) mass is 356 g/mol. The van der Waals surface area contributed by atoms with Crippen molar-refractivity contribution in [3.63, 3.8) is 0 Å². The topological polar surface area (TPSA) is 66.5 Å². The van der Waals surface area contributed by atoms with E-state index in [0.717, 1.165) is 31.4 Å². The zero-order valence-electron chi connectivity index (χ0n) is 15.9. The number of anilines is 1. The number of benzene rings is 1. The summed E-state index contributed by atoms with van der Waals surface area (Å²) in [6, 6.07) is 7.79. The fourth-order valence-corrected chi connectivity index (χ4v) is 3.94. The van der Waals surface area contributed by atoms with Gasteiger partial charge in [-0.1, -0.05) is 45.7 Å². The van der Waals surface area contributed by atoms with Gasteiger partial charge < -0.3 is 5.32 Å². The lowest BCUT2D eigenvalue weighted by Crippen LogP contribution is -2.34. The molecule has 2 fully saturated rings. The maximum atomic E-state index is 12.4. The van der Waals surface area contributed by atoms with Crippen LogP contribution in [0.5, 0.6) is 0 Å². The second-order valence-corrected chi connectivity index (χ2v) is 8.45. The fraction of sp³-hybridized carbons (Fsp3) is 0.571. The first kappa shape index (κ1) is 18.6. The summed E-state index contributed by atoms with van der Waals surface area (Å²) >= 11 is 0. The Morgan fingerprint density at radius 2 is 1.58 bits per heavy atom. The summed E-state index contributed by atoms with van der Waals surface area (Å²) in [7, 11) is 0. The number of carbonyl (C=O) groups excluding carboxylic acids is 3. The normalized spacial score (nSPS) is 23.1. The number of carbonyl (C=O) groups is 3. The van der Waals surface area contributed by atoms with Crippen molar-refractivity contribution in [2.24, 2.45) is 11.8 Å². The number of hydrogen-bond acceptors (Lipinski definition) is 3. The summed E-state index contributed by atoms with van der Waals surface area (Å²) in [6.07, 6.45) is 3.77. The Morgan fingerprint density at radius 3 is 2.08 bits per heavy atom. The van der Waals surface area contributed by atoms with Crippen LogP contribution in [0.1, 0.15) is 58.4 Å². The smallest absolute Gasteiger partial charge is 0.233 e. The molecule has 1 aliphatic carbocycles. The van der Waals surface area contributed by atoms with E-state index in [0.29, 0.717) is 0 Å². The lowest BCUT2D eigenvalue weighted by molar-refractivity contribution is -0.140. The molecule has 2 aliphatic rings. The minimum Gasteiger partial charge on any atom is -0.326 e. The van der Waals surface area contributed by atoms with E-state index in [4.69, 9.17) is 0 Å². The van der Waals surface area contributed by atoms with Gasteiger partial charge in [-0.05, 0) is 36.0 Å². The highest BCUT2D eigenvalue weighted by Crippen LogP contribution is 2.38. The molecule has 0 radical (unpaired) electrons. The van der Waals surface area contributed by atoms with Crippen molar-refractivity contribution in [2.75, 3.05) is 11.9 Å². The van der Waals surface area contributed by atoms with Gasteiger partial charge >= 0.3 is 0 Å². The largest absolute Gasteiger partial charge is 0.326 e. The zero-order chi connectivity index (χ0) is 18.9. The van der Waals surface area contributed by atoms with Crippen molar-refractivity contribution < 1.29 is 14.4 Å². The number of nitrogens with zero attached hydrogens (tertiary/aromatic N) is 1. The van der Waals surface area contributed by atoms with Gasteiger partial charge in [0.1, 0.15) is 0 Å². The third-order valence-electron chi connectivity index (χ3n) is 5.53. The number of amides is 3. The van der Waals surface area contributed by atoms with E-state index in [1.54, 1.807) is 0 Å². The molecule has 0 unspecified atom stereocenters. The second kappa shape index (κ2) is 7.22. The molecule has 1 aliphatic heterocycles. The predicted octanol–water partition coefficient (Wildman–Crippen LogP) is 3.49. The number of rotatable bonds is 4. The average molecular weight is 356 g/mol. The summed E-state index contributed by atoms with van der Waals surface area (Å²) in [5, 5.41) is 2.85. The van der Waals surface area contributed by atoms with E-state index < -0.39 is 0 Å².